The Morgan fingerprint density at radius 1 is 1.22 bits per heavy atom. The molecule has 1 aromatic heterocycles. The number of hydrogen-bond acceptors (Lipinski definition) is 4. The average Bonchev–Trinajstić information content (AvgIpc) is 3.36. The number of halogens is 1. The van der Waals surface area contributed by atoms with Crippen molar-refractivity contribution < 1.29 is 18.7 Å². The number of ether oxygens (including phenoxy) is 1. The zero-order chi connectivity index (χ0) is 22.6. The Balaban J connectivity index is 1.61. The summed E-state index contributed by atoms with van der Waals surface area (Å²) in [6, 6.07) is 13.7. The summed E-state index contributed by atoms with van der Waals surface area (Å²) < 4.78 is 19.8. The number of carbonyl (C=O) groups excluding carboxylic acids is 2. The van der Waals surface area contributed by atoms with Gasteiger partial charge in [-0.15, -0.1) is 0 Å². The number of imidazole rings is 1. The third-order valence-electron chi connectivity index (χ3n) is 5.94. The average molecular weight is 435 g/mol. The van der Waals surface area contributed by atoms with Crippen molar-refractivity contribution in [1.29, 1.82) is 0 Å². The number of likely N-dealkylation sites (tertiary alicyclic amines) is 1. The molecule has 4 rings (SSSR count). The SMILES string of the molecule is CCOC(=O)[C@@]1(Cc2ccccc2F)CCCN(C(=O)c2cccc(-c3ncc[nH]3)c2)C1. The number of nitrogens with zero attached hydrogens (tertiary/aromatic N) is 2. The summed E-state index contributed by atoms with van der Waals surface area (Å²) in [6.45, 7) is 2.70. The highest BCUT2D eigenvalue weighted by Crippen LogP contribution is 2.36. The Hall–Kier alpha value is -3.48. The first-order chi connectivity index (χ1) is 15.5. The summed E-state index contributed by atoms with van der Waals surface area (Å²) in [6.07, 6.45) is 4.75. The number of hydrogen-bond donors (Lipinski definition) is 1. The molecule has 7 heteroatoms. The van der Waals surface area contributed by atoms with Gasteiger partial charge in [-0.3, -0.25) is 9.59 Å². The second kappa shape index (κ2) is 9.34. The standard InChI is InChI=1S/C25H26FN3O3/c1-2-32-24(31)25(16-20-7-3-4-10-21(20)26)11-6-14-29(17-25)23(30)19-9-5-8-18(15-19)22-27-12-13-28-22/h3-5,7-10,12-13,15H,2,6,11,14,16-17H2,1H3,(H,27,28)/t25-/m1/s1. The minimum Gasteiger partial charge on any atom is -0.466 e. The van der Waals surface area contributed by atoms with E-state index >= 15 is 0 Å². The van der Waals surface area contributed by atoms with Crippen LogP contribution in [0.25, 0.3) is 11.4 Å². The number of aromatic nitrogens is 2. The van der Waals surface area contributed by atoms with E-state index in [2.05, 4.69) is 9.97 Å². The Labute approximate surface area is 186 Å². The maximum absolute atomic E-state index is 14.4. The molecule has 0 spiro atoms. The predicted octanol–water partition coefficient (Wildman–Crippen LogP) is 4.24. The molecule has 1 aliphatic rings. The van der Waals surface area contributed by atoms with Crippen molar-refractivity contribution >= 4 is 11.9 Å². The lowest BCUT2D eigenvalue weighted by atomic mass is 9.74. The van der Waals surface area contributed by atoms with Crippen LogP contribution in [0.5, 0.6) is 0 Å². The quantitative estimate of drug-likeness (QED) is 0.588. The second-order valence-electron chi connectivity index (χ2n) is 8.12. The summed E-state index contributed by atoms with van der Waals surface area (Å²) in [5.74, 6) is -0.227. The van der Waals surface area contributed by atoms with E-state index in [-0.39, 0.29) is 37.3 Å². The molecule has 2 aromatic carbocycles. The van der Waals surface area contributed by atoms with E-state index in [1.165, 1.54) is 6.07 Å². The number of piperidine rings is 1. The molecule has 166 valence electrons. The van der Waals surface area contributed by atoms with Crippen molar-refractivity contribution in [3.63, 3.8) is 0 Å². The third-order valence-corrected chi connectivity index (χ3v) is 5.94. The number of carbonyl (C=O) groups is 2. The molecular formula is C25H26FN3O3. The number of rotatable bonds is 6. The first-order valence-corrected chi connectivity index (χ1v) is 10.8. The van der Waals surface area contributed by atoms with Gasteiger partial charge in [0.25, 0.3) is 5.91 Å². The Morgan fingerprint density at radius 3 is 2.81 bits per heavy atom. The molecule has 32 heavy (non-hydrogen) atoms. The number of esters is 1. The Morgan fingerprint density at radius 2 is 2.06 bits per heavy atom. The molecule has 1 fully saturated rings. The van der Waals surface area contributed by atoms with E-state index in [1.807, 2.05) is 12.1 Å². The van der Waals surface area contributed by atoms with Gasteiger partial charge in [0.15, 0.2) is 0 Å². The van der Waals surface area contributed by atoms with Crippen LogP contribution in [0.15, 0.2) is 60.9 Å². The number of aromatic amines is 1. The van der Waals surface area contributed by atoms with Crippen LogP contribution in [0.3, 0.4) is 0 Å². The Kier molecular flexibility index (Phi) is 6.35. The van der Waals surface area contributed by atoms with Gasteiger partial charge in [-0.1, -0.05) is 30.3 Å². The van der Waals surface area contributed by atoms with Gasteiger partial charge in [0.2, 0.25) is 0 Å². The van der Waals surface area contributed by atoms with Gasteiger partial charge in [0.1, 0.15) is 11.6 Å². The van der Waals surface area contributed by atoms with E-state index < -0.39 is 5.41 Å². The number of amides is 1. The van der Waals surface area contributed by atoms with E-state index in [1.54, 1.807) is 54.5 Å². The van der Waals surface area contributed by atoms with Crippen molar-refractivity contribution in [2.45, 2.75) is 26.2 Å². The second-order valence-corrected chi connectivity index (χ2v) is 8.12. The summed E-state index contributed by atoms with van der Waals surface area (Å²) in [4.78, 5) is 35.4. The molecule has 0 unspecified atom stereocenters. The topological polar surface area (TPSA) is 75.3 Å². The highest BCUT2D eigenvalue weighted by Gasteiger charge is 2.45. The van der Waals surface area contributed by atoms with Crippen LogP contribution < -0.4 is 0 Å². The number of H-pyrrole nitrogens is 1. The fraction of sp³-hybridized carbons (Fsp3) is 0.320. The van der Waals surface area contributed by atoms with Gasteiger partial charge in [-0.2, -0.15) is 0 Å². The molecule has 3 aromatic rings. The monoisotopic (exact) mass is 435 g/mol. The lowest BCUT2D eigenvalue weighted by molar-refractivity contribution is -0.158. The van der Waals surface area contributed by atoms with Gasteiger partial charge in [0.05, 0.1) is 12.0 Å². The van der Waals surface area contributed by atoms with Gasteiger partial charge in [0, 0.05) is 36.6 Å². The largest absolute Gasteiger partial charge is 0.466 e. The van der Waals surface area contributed by atoms with Crippen LogP contribution >= 0.6 is 0 Å². The predicted molar refractivity (Wildman–Crippen MR) is 118 cm³/mol. The highest BCUT2D eigenvalue weighted by molar-refractivity contribution is 5.96. The van der Waals surface area contributed by atoms with Crippen LogP contribution in [0.4, 0.5) is 4.39 Å². The van der Waals surface area contributed by atoms with Crippen LogP contribution in [0.2, 0.25) is 0 Å². The first-order valence-electron chi connectivity index (χ1n) is 10.8. The molecule has 1 N–H and O–H groups in total. The summed E-state index contributed by atoms with van der Waals surface area (Å²) in [7, 11) is 0. The summed E-state index contributed by atoms with van der Waals surface area (Å²) in [5.41, 5.74) is 0.796. The zero-order valence-corrected chi connectivity index (χ0v) is 18.0. The Bertz CT molecular complexity index is 1100. The van der Waals surface area contributed by atoms with E-state index in [0.29, 0.717) is 36.3 Å². The lowest BCUT2D eigenvalue weighted by Gasteiger charge is -2.41. The summed E-state index contributed by atoms with van der Waals surface area (Å²) >= 11 is 0. The van der Waals surface area contributed by atoms with Crippen molar-refractivity contribution in [2.24, 2.45) is 5.41 Å². The van der Waals surface area contributed by atoms with Gasteiger partial charge in [-0.05, 0) is 49.9 Å². The molecule has 0 radical (unpaired) electrons. The lowest BCUT2D eigenvalue weighted by Crippen LogP contribution is -2.51. The van der Waals surface area contributed by atoms with Gasteiger partial charge in [-0.25, -0.2) is 9.37 Å². The van der Waals surface area contributed by atoms with Crippen LogP contribution in [-0.4, -0.2) is 46.4 Å². The van der Waals surface area contributed by atoms with Crippen LogP contribution in [-0.2, 0) is 16.0 Å². The smallest absolute Gasteiger partial charge is 0.314 e. The van der Waals surface area contributed by atoms with Crippen molar-refractivity contribution in [3.8, 4) is 11.4 Å². The molecule has 0 saturated carbocycles. The van der Waals surface area contributed by atoms with Crippen LogP contribution in [0.1, 0.15) is 35.7 Å². The minimum atomic E-state index is -0.981. The molecule has 2 heterocycles. The fourth-order valence-electron chi connectivity index (χ4n) is 4.38. The number of nitrogens with one attached hydrogen (secondary N) is 1. The van der Waals surface area contributed by atoms with E-state index in [0.717, 1.165) is 5.56 Å². The van der Waals surface area contributed by atoms with Gasteiger partial charge >= 0.3 is 5.97 Å². The highest BCUT2D eigenvalue weighted by atomic mass is 19.1. The summed E-state index contributed by atoms with van der Waals surface area (Å²) in [5, 5.41) is 0. The molecular weight excluding hydrogens is 409 g/mol. The maximum Gasteiger partial charge on any atom is 0.314 e. The van der Waals surface area contributed by atoms with E-state index in [9.17, 15) is 14.0 Å². The van der Waals surface area contributed by atoms with Gasteiger partial charge < -0.3 is 14.6 Å². The molecule has 1 atom stereocenters. The number of benzene rings is 2. The first kappa shape index (κ1) is 21.7. The molecule has 6 nitrogen and oxygen atoms in total. The molecule has 1 aliphatic heterocycles. The molecule has 1 amide bonds. The van der Waals surface area contributed by atoms with Crippen molar-refractivity contribution in [1.82, 2.24) is 14.9 Å². The molecule has 0 aliphatic carbocycles. The van der Waals surface area contributed by atoms with Crippen molar-refractivity contribution in [2.75, 3.05) is 19.7 Å². The fourth-order valence-corrected chi connectivity index (χ4v) is 4.38. The maximum atomic E-state index is 14.4. The molecule has 0 bridgehead atoms. The zero-order valence-electron chi connectivity index (χ0n) is 18.0. The van der Waals surface area contributed by atoms with E-state index in [4.69, 9.17) is 4.74 Å². The normalized spacial score (nSPS) is 18.4. The van der Waals surface area contributed by atoms with Crippen LogP contribution in [0, 0.1) is 11.2 Å². The minimum absolute atomic E-state index is 0.166. The third kappa shape index (κ3) is 4.42. The molecule has 1 saturated heterocycles. The van der Waals surface area contributed by atoms with Crippen molar-refractivity contribution in [3.05, 3.63) is 77.9 Å².